The summed E-state index contributed by atoms with van der Waals surface area (Å²) in [5.41, 5.74) is 1.69. The number of rotatable bonds is 6. The Hall–Kier alpha value is -4.14. The van der Waals surface area contributed by atoms with Crippen LogP contribution < -0.4 is 10.9 Å². The topological polar surface area (TPSA) is 103 Å². The first-order chi connectivity index (χ1) is 14.6. The third-order valence-electron chi connectivity index (χ3n) is 4.26. The van der Waals surface area contributed by atoms with E-state index in [1.807, 2.05) is 30.3 Å². The third-order valence-corrected chi connectivity index (χ3v) is 4.26. The molecule has 0 aliphatic carbocycles. The van der Waals surface area contributed by atoms with Gasteiger partial charge in [0.05, 0.1) is 5.69 Å². The molecule has 1 N–H and O–H groups in total. The summed E-state index contributed by atoms with van der Waals surface area (Å²) in [6, 6.07) is 18.0. The molecule has 4 rings (SSSR count). The molecular weight excluding hydrogens is 389 g/mol. The first-order valence-corrected chi connectivity index (χ1v) is 9.07. The monoisotopic (exact) mass is 405 g/mol. The van der Waals surface area contributed by atoms with Crippen molar-refractivity contribution >= 4 is 5.91 Å². The lowest BCUT2D eigenvalue weighted by Crippen LogP contribution is -2.24. The van der Waals surface area contributed by atoms with Crippen LogP contribution in [0.3, 0.4) is 0 Å². The zero-order valence-electron chi connectivity index (χ0n) is 15.7. The lowest BCUT2D eigenvalue weighted by atomic mass is 10.1. The van der Waals surface area contributed by atoms with Crippen molar-refractivity contribution in [3.8, 4) is 11.3 Å². The number of benzene rings is 2. The van der Waals surface area contributed by atoms with Crippen molar-refractivity contribution in [2.45, 2.75) is 13.1 Å². The van der Waals surface area contributed by atoms with E-state index in [1.165, 1.54) is 18.2 Å². The lowest BCUT2D eigenvalue weighted by molar-refractivity contribution is 0.0907. The molecule has 2 aromatic heterocycles. The lowest BCUT2D eigenvalue weighted by Gasteiger charge is -2.05. The molecule has 0 aliphatic heterocycles. The van der Waals surface area contributed by atoms with Crippen LogP contribution >= 0.6 is 0 Å². The molecule has 0 saturated carbocycles. The van der Waals surface area contributed by atoms with Gasteiger partial charge in [-0.05, 0) is 35.9 Å². The molecule has 2 aromatic carbocycles. The van der Waals surface area contributed by atoms with Crippen LogP contribution in [0.1, 0.15) is 22.1 Å². The van der Waals surface area contributed by atoms with Crippen LogP contribution in [-0.2, 0) is 13.1 Å². The fourth-order valence-electron chi connectivity index (χ4n) is 2.73. The normalized spacial score (nSPS) is 10.7. The Morgan fingerprint density at radius 2 is 1.80 bits per heavy atom. The quantitative estimate of drug-likeness (QED) is 0.528. The average Bonchev–Trinajstić information content (AvgIpc) is 3.24. The van der Waals surface area contributed by atoms with E-state index in [0.29, 0.717) is 17.8 Å². The maximum absolute atomic E-state index is 13.1. The van der Waals surface area contributed by atoms with Gasteiger partial charge >= 0.3 is 11.8 Å². The summed E-state index contributed by atoms with van der Waals surface area (Å²) in [5, 5.41) is 10.7. The average molecular weight is 405 g/mol. The predicted molar refractivity (Wildman–Crippen MR) is 105 cm³/mol. The SMILES string of the molecule is O=C(NCc1ccccc1)c1nc(Cn2nc(-c3ccc(F)cc3)ccc2=O)no1. The molecule has 4 aromatic rings. The third kappa shape index (κ3) is 4.46. The van der Waals surface area contributed by atoms with Crippen LogP contribution in [0.15, 0.2) is 76.0 Å². The zero-order valence-corrected chi connectivity index (χ0v) is 15.7. The van der Waals surface area contributed by atoms with Crippen LogP contribution in [0, 0.1) is 5.82 Å². The maximum atomic E-state index is 13.1. The number of aromatic nitrogens is 4. The van der Waals surface area contributed by atoms with E-state index in [1.54, 1.807) is 18.2 Å². The van der Waals surface area contributed by atoms with E-state index in [0.717, 1.165) is 10.2 Å². The minimum Gasteiger partial charge on any atom is -0.344 e. The van der Waals surface area contributed by atoms with E-state index in [2.05, 4.69) is 20.6 Å². The standard InChI is InChI=1S/C21H16FN5O3/c22-16-8-6-15(7-9-16)17-10-11-19(28)27(25-17)13-18-24-21(30-26-18)20(29)23-12-14-4-2-1-3-5-14/h1-11H,12-13H2,(H,23,29). The van der Waals surface area contributed by atoms with Crippen molar-refractivity contribution in [2.75, 3.05) is 0 Å². The van der Waals surface area contributed by atoms with Gasteiger partial charge in [0.2, 0.25) is 0 Å². The first-order valence-electron chi connectivity index (χ1n) is 9.07. The maximum Gasteiger partial charge on any atom is 0.316 e. The Bertz CT molecular complexity index is 1220. The molecular formula is C21H16FN5O3. The van der Waals surface area contributed by atoms with Crippen molar-refractivity contribution in [2.24, 2.45) is 0 Å². The highest BCUT2D eigenvalue weighted by Gasteiger charge is 2.16. The van der Waals surface area contributed by atoms with Crippen molar-refractivity contribution in [3.63, 3.8) is 0 Å². The Morgan fingerprint density at radius 3 is 2.57 bits per heavy atom. The minimum atomic E-state index is -0.516. The number of hydrogen-bond acceptors (Lipinski definition) is 6. The number of hydrogen-bond donors (Lipinski definition) is 1. The summed E-state index contributed by atoms with van der Waals surface area (Å²) in [4.78, 5) is 28.4. The first kappa shape index (κ1) is 19.2. The molecule has 0 radical (unpaired) electrons. The van der Waals surface area contributed by atoms with E-state index in [9.17, 15) is 14.0 Å². The zero-order chi connectivity index (χ0) is 20.9. The van der Waals surface area contributed by atoms with Gasteiger partial charge in [0.15, 0.2) is 5.82 Å². The second-order valence-corrected chi connectivity index (χ2v) is 6.41. The molecule has 0 spiro atoms. The number of amides is 1. The van der Waals surface area contributed by atoms with Gasteiger partial charge in [0.1, 0.15) is 12.4 Å². The van der Waals surface area contributed by atoms with Crippen molar-refractivity contribution in [1.29, 1.82) is 0 Å². The van der Waals surface area contributed by atoms with Gasteiger partial charge in [0.25, 0.3) is 5.56 Å². The van der Waals surface area contributed by atoms with E-state index in [4.69, 9.17) is 4.52 Å². The highest BCUT2D eigenvalue weighted by atomic mass is 19.1. The molecule has 0 aliphatic rings. The summed E-state index contributed by atoms with van der Waals surface area (Å²) >= 11 is 0. The fraction of sp³-hybridized carbons (Fsp3) is 0.0952. The van der Waals surface area contributed by atoms with Gasteiger partial charge in [-0.15, -0.1) is 0 Å². The van der Waals surface area contributed by atoms with Gasteiger partial charge in [-0.1, -0.05) is 35.5 Å². The molecule has 0 fully saturated rings. The van der Waals surface area contributed by atoms with Crippen LogP contribution in [0.25, 0.3) is 11.3 Å². The van der Waals surface area contributed by atoms with E-state index < -0.39 is 5.91 Å². The summed E-state index contributed by atoms with van der Waals surface area (Å²) < 4.78 is 19.3. The molecule has 30 heavy (non-hydrogen) atoms. The summed E-state index contributed by atoms with van der Waals surface area (Å²) in [6.07, 6.45) is 0. The van der Waals surface area contributed by atoms with Crippen molar-refractivity contribution in [3.05, 3.63) is 100 Å². The van der Waals surface area contributed by atoms with Crippen LogP contribution in [0.5, 0.6) is 0 Å². The molecule has 150 valence electrons. The van der Waals surface area contributed by atoms with E-state index >= 15 is 0 Å². The van der Waals surface area contributed by atoms with Gasteiger partial charge in [0, 0.05) is 18.2 Å². The van der Waals surface area contributed by atoms with Gasteiger partial charge in [-0.2, -0.15) is 10.1 Å². The number of carbonyl (C=O) groups excluding carboxylic acids is 1. The fourth-order valence-corrected chi connectivity index (χ4v) is 2.73. The van der Waals surface area contributed by atoms with Crippen molar-refractivity contribution in [1.82, 2.24) is 25.2 Å². The van der Waals surface area contributed by atoms with Gasteiger partial charge in [-0.25, -0.2) is 9.07 Å². The van der Waals surface area contributed by atoms with Crippen LogP contribution in [-0.4, -0.2) is 25.8 Å². The second kappa shape index (κ2) is 8.48. The smallest absolute Gasteiger partial charge is 0.316 e. The van der Waals surface area contributed by atoms with Crippen molar-refractivity contribution < 1.29 is 13.7 Å². The molecule has 1 amide bonds. The molecule has 8 nitrogen and oxygen atoms in total. The summed E-state index contributed by atoms with van der Waals surface area (Å²) in [6.45, 7) is 0.238. The van der Waals surface area contributed by atoms with E-state index in [-0.39, 0.29) is 29.6 Å². The Morgan fingerprint density at radius 1 is 1.03 bits per heavy atom. The minimum absolute atomic E-state index is 0.0800. The number of nitrogens with one attached hydrogen (secondary N) is 1. The second-order valence-electron chi connectivity index (χ2n) is 6.41. The summed E-state index contributed by atoms with van der Waals surface area (Å²) in [5.74, 6) is -0.954. The molecule has 0 atom stereocenters. The Balaban J connectivity index is 1.46. The Kier molecular flexibility index (Phi) is 5.42. The Labute approximate surface area is 170 Å². The molecule has 0 saturated heterocycles. The number of carbonyl (C=O) groups is 1. The molecule has 9 heteroatoms. The summed E-state index contributed by atoms with van der Waals surface area (Å²) in [7, 11) is 0. The van der Waals surface area contributed by atoms with Crippen LogP contribution in [0.4, 0.5) is 4.39 Å². The highest BCUT2D eigenvalue weighted by Crippen LogP contribution is 2.15. The predicted octanol–water partition coefficient (Wildman–Crippen LogP) is 2.41. The van der Waals surface area contributed by atoms with Gasteiger partial charge < -0.3 is 9.84 Å². The molecule has 0 bridgehead atoms. The van der Waals surface area contributed by atoms with Gasteiger partial charge in [-0.3, -0.25) is 9.59 Å². The van der Waals surface area contributed by atoms with Crippen LogP contribution in [0.2, 0.25) is 0 Å². The largest absolute Gasteiger partial charge is 0.344 e. The molecule has 0 unspecified atom stereocenters. The molecule has 2 heterocycles. The number of halogens is 1. The highest BCUT2D eigenvalue weighted by molar-refractivity contribution is 5.89. The number of nitrogens with zero attached hydrogens (tertiary/aromatic N) is 4.